The van der Waals surface area contributed by atoms with Crippen molar-refractivity contribution >= 4 is 23.2 Å². The summed E-state index contributed by atoms with van der Waals surface area (Å²) in [4.78, 5) is 11.8. The third kappa shape index (κ3) is 4.99. The van der Waals surface area contributed by atoms with Crippen LogP contribution in [-0.2, 0) is 11.4 Å². The number of rotatable bonds is 7. The van der Waals surface area contributed by atoms with Gasteiger partial charge in [0.15, 0.2) is 0 Å². The summed E-state index contributed by atoms with van der Waals surface area (Å²) in [6.45, 7) is 0.193. The molecular weight excluding hydrogens is 367 g/mol. The molecule has 27 heavy (non-hydrogen) atoms. The summed E-state index contributed by atoms with van der Waals surface area (Å²) in [5, 5.41) is 3.45. The number of amides is 1. The highest BCUT2D eigenvalue weighted by Gasteiger charge is 2.17. The zero-order valence-electron chi connectivity index (χ0n) is 14.4. The second-order valence-corrected chi connectivity index (χ2v) is 6.36. The van der Waals surface area contributed by atoms with E-state index in [1.165, 1.54) is 12.1 Å². The van der Waals surface area contributed by atoms with Crippen LogP contribution in [0, 0.1) is 5.82 Å². The molecule has 4 nitrogen and oxygen atoms in total. The van der Waals surface area contributed by atoms with E-state index in [2.05, 4.69) is 5.32 Å². The van der Waals surface area contributed by atoms with Gasteiger partial charge in [0, 0.05) is 5.69 Å². The van der Waals surface area contributed by atoms with E-state index >= 15 is 0 Å². The van der Waals surface area contributed by atoms with Crippen LogP contribution in [0.25, 0.3) is 0 Å². The normalized spacial score (nSPS) is 11.6. The van der Waals surface area contributed by atoms with Crippen molar-refractivity contribution in [3.8, 4) is 5.75 Å². The molecule has 3 rings (SSSR count). The zero-order chi connectivity index (χ0) is 19.2. The predicted octanol–water partition coefficient (Wildman–Crippen LogP) is 4.70. The first-order chi connectivity index (χ1) is 13.0. The van der Waals surface area contributed by atoms with E-state index in [0.29, 0.717) is 22.0 Å². The molecule has 0 aliphatic carbocycles. The standard InChI is InChI=1S/C21H18ClFN2O2/c22-18-12-17(25-20(21(24)26)15-6-2-1-3-7-15)9-10-19(18)27-13-14-5-4-8-16(23)11-14/h1-12,20,25H,13H2,(H2,24,26)/t20-/m0/s1. The van der Waals surface area contributed by atoms with Crippen molar-refractivity contribution < 1.29 is 13.9 Å². The number of carbonyl (C=O) groups is 1. The van der Waals surface area contributed by atoms with Gasteiger partial charge in [-0.3, -0.25) is 4.79 Å². The van der Waals surface area contributed by atoms with Crippen molar-refractivity contribution in [3.05, 3.63) is 94.8 Å². The van der Waals surface area contributed by atoms with Crippen LogP contribution in [0.3, 0.4) is 0 Å². The molecule has 0 aliphatic rings. The van der Waals surface area contributed by atoms with E-state index in [0.717, 1.165) is 5.56 Å². The Morgan fingerprint density at radius 1 is 1.07 bits per heavy atom. The van der Waals surface area contributed by atoms with Crippen molar-refractivity contribution in [2.45, 2.75) is 12.6 Å². The second-order valence-electron chi connectivity index (χ2n) is 5.95. The fourth-order valence-corrected chi connectivity index (χ4v) is 2.86. The summed E-state index contributed by atoms with van der Waals surface area (Å²) in [6.07, 6.45) is 0. The van der Waals surface area contributed by atoms with Crippen LogP contribution in [0.4, 0.5) is 10.1 Å². The van der Waals surface area contributed by atoms with Gasteiger partial charge in [-0.2, -0.15) is 0 Å². The van der Waals surface area contributed by atoms with E-state index < -0.39 is 11.9 Å². The molecule has 0 spiro atoms. The largest absolute Gasteiger partial charge is 0.487 e. The Labute approximate surface area is 161 Å². The molecule has 0 aromatic heterocycles. The van der Waals surface area contributed by atoms with E-state index in [1.807, 2.05) is 30.3 Å². The number of carbonyl (C=O) groups excluding carboxylic acids is 1. The molecule has 3 aromatic carbocycles. The highest BCUT2D eigenvalue weighted by molar-refractivity contribution is 6.32. The quantitative estimate of drug-likeness (QED) is 0.620. The van der Waals surface area contributed by atoms with Gasteiger partial charge in [0.2, 0.25) is 5.91 Å². The molecule has 0 radical (unpaired) electrons. The Morgan fingerprint density at radius 2 is 1.85 bits per heavy atom. The highest BCUT2D eigenvalue weighted by atomic mass is 35.5. The van der Waals surface area contributed by atoms with Crippen LogP contribution in [0.2, 0.25) is 5.02 Å². The minimum Gasteiger partial charge on any atom is -0.487 e. The van der Waals surface area contributed by atoms with Crippen molar-refractivity contribution in [1.29, 1.82) is 0 Å². The van der Waals surface area contributed by atoms with Gasteiger partial charge in [0.05, 0.1) is 5.02 Å². The summed E-state index contributed by atoms with van der Waals surface area (Å²) >= 11 is 6.28. The molecule has 3 N–H and O–H groups in total. The van der Waals surface area contributed by atoms with E-state index in [-0.39, 0.29) is 12.4 Å². The smallest absolute Gasteiger partial charge is 0.244 e. The van der Waals surface area contributed by atoms with Crippen molar-refractivity contribution in [2.75, 3.05) is 5.32 Å². The molecule has 0 heterocycles. The number of halogens is 2. The number of ether oxygens (including phenoxy) is 1. The summed E-state index contributed by atoms with van der Waals surface area (Å²) < 4.78 is 18.9. The molecule has 6 heteroatoms. The summed E-state index contributed by atoms with van der Waals surface area (Å²) in [7, 11) is 0. The van der Waals surface area contributed by atoms with Crippen LogP contribution in [0.5, 0.6) is 5.75 Å². The maximum Gasteiger partial charge on any atom is 0.244 e. The molecular formula is C21H18ClFN2O2. The van der Waals surface area contributed by atoms with Gasteiger partial charge in [-0.15, -0.1) is 0 Å². The zero-order valence-corrected chi connectivity index (χ0v) is 15.1. The maximum absolute atomic E-state index is 13.2. The molecule has 0 aliphatic heterocycles. The molecule has 1 atom stereocenters. The monoisotopic (exact) mass is 384 g/mol. The van der Waals surface area contributed by atoms with Gasteiger partial charge in [0.1, 0.15) is 24.2 Å². The second kappa shape index (κ2) is 8.56. The lowest BCUT2D eigenvalue weighted by molar-refractivity contribution is -0.118. The number of primary amides is 1. The number of hydrogen-bond donors (Lipinski definition) is 2. The molecule has 1 amide bonds. The number of benzene rings is 3. The Bertz CT molecular complexity index is 934. The van der Waals surface area contributed by atoms with Gasteiger partial charge < -0.3 is 15.8 Å². The first kappa shape index (κ1) is 18.7. The van der Waals surface area contributed by atoms with E-state index in [1.54, 1.807) is 30.3 Å². The van der Waals surface area contributed by atoms with Gasteiger partial charge in [-0.05, 0) is 41.5 Å². The fraction of sp³-hybridized carbons (Fsp3) is 0.0952. The number of anilines is 1. The van der Waals surface area contributed by atoms with Crippen molar-refractivity contribution in [3.63, 3.8) is 0 Å². The molecule has 0 bridgehead atoms. The van der Waals surface area contributed by atoms with Gasteiger partial charge in [-0.25, -0.2) is 4.39 Å². The lowest BCUT2D eigenvalue weighted by Crippen LogP contribution is -2.27. The topological polar surface area (TPSA) is 64.4 Å². The van der Waals surface area contributed by atoms with E-state index in [4.69, 9.17) is 22.1 Å². The Balaban J connectivity index is 1.71. The maximum atomic E-state index is 13.2. The van der Waals surface area contributed by atoms with Crippen LogP contribution < -0.4 is 15.8 Å². The predicted molar refractivity (Wildman–Crippen MR) is 104 cm³/mol. The van der Waals surface area contributed by atoms with Crippen LogP contribution in [0.15, 0.2) is 72.8 Å². The first-order valence-corrected chi connectivity index (χ1v) is 8.68. The molecule has 0 saturated carbocycles. The molecule has 138 valence electrons. The number of nitrogens with one attached hydrogen (secondary N) is 1. The summed E-state index contributed by atoms with van der Waals surface area (Å²) in [5.74, 6) is -0.356. The first-order valence-electron chi connectivity index (χ1n) is 8.30. The minimum atomic E-state index is -0.679. The third-order valence-electron chi connectivity index (χ3n) is 3.94. The third-order valence-corrected chi connectivity index (χ3v) is 4.24. The van der Waals surface area contributed by atoms with Gasteiger partial charge in [-0.1, -0.05) is 54.1 Å². The molecule has 0 fully saturated rings. The van der Waals surface area contributed by atoms with Crippen LogP contribution in [-0.4, -0.2) is 5.91 Å². The van der Waals surface area contributed by atoms with Crippen LogP contribution in [0.1, 0.15) is 17.2 Å². The van der Waals surface area contributed by atoms with Gasteiger partial charge >= 0.3 is 0 Å². The van der Waals surface area contributed by atoms with Gasteiger partial charge in [0.25, 0.3) is 0 Å². The number of nitrogens with two attached hydrogens (primary N) is 1. The SMILES string of the molecule is NC(=O)[C@@H](Nc1ccc(OCc2cccc(F)c2)c(Cl)c1)c1ccccc1. The summed E-state index contributed by atoms with van der Waals surface area (Å²) in [6, 6.07) is 19.7. The van der Waals surface area contributed by atoms with Crippen molar-refractivity contribution in [2.24, 2.45) is 5.73 Å². The Morgan fingerprint density at radius 3 is 2.52 bits per heavy atom. The molecule has 0 saturated heterocycles. The Hall–Kier alpha value is -3.05. The minimum absolute atomic E-state index is 0.193. The lowest BCUT2D eigenvalue weighted by atomic mass is 10.1. The van der Waals surface area contributed by atoms with Crippen LogP contribution >= 0.6 is 11.6 Å². The molecule has 0 unspecified atom stereocenters. The lowest BCUT2D eigenvalue weighted by Gasteiger charge is -2.18. The summed E-state index contributed by atoms with van der Waals surface area (Å²) in [5.41, 5.74) is 7.61. The number of hydrogen-bond acceptors (Lipinski definition) is 3. The molecule has 3 aromatic rings. The fourth-order valence-electron chi connectivity index (χ4n) is 2.63. The van der Waals surface area contributed by atoms with Crippen molar-refractivity contribution in [1.82, 2.24) is 0 Å². The average Bonchev–Trinajstić information content (AvgIpc) is 2.66. The highest BCUT2D eigenvalue weighted by Crippen LogP contribution is 2.30. The average molecular weight is 385 g/mol. The Kier molecular flexibility index (Phi) is 5.94. The van der Waals surface area contributed by atoms with E-state index in [9.17, 15) is 9.18 Å².